The standard InChI is InChI=1S/C22H22F3NO4/c1-12-8-16-17(26-19(27)11-21(16,2)3)10-14(12)15-9-13(5-7-20(28)29)4-6-18(15)30-22(23,24)25/h4,6,8-10H,5,7,11H2,1-3H3,(H,26,27)(H,28,29). The highest BCUT2D eigenvalue weighted by Crippen LogP contribution is 2.43. The Kier molecular flexibility index (Phi) is 5.54. The van der Waals surface area contributed by atoms with Crippen LogP contribution in [0.4, 0.5) is 18.9 Å². The lowest BCUT2D eigenvalue weighted by Crippen LogP contribution is -2.32. The molecule has 0 aromatic heterocycles. The van der Waals surface area contributed by atoms with E-state index < -0.39 is 17.7 Å². The summed E-state index contributed by atoms with van der Waals surface area (Å²) in [6.45, 7) is 5.66. The lowest BCUT2D eigenvalue weighted by atomic mass is 9.76. The van der Waals surface area contributed by atoms with Crippen LogP contribution in [0.25, 0.3) is 11.1 Å². The number of carboxylic acid groups (broad SMARTS) is 1. The highest BCUT2D eigenvalue weighted by atomic mass is 19.4. The van der Waals surface area contributed by atoms with Crippen molar-refractivity contribution < 1.29 is 32.6 Å². The fourth-order valence-electron chi connectivity index (χ4n) is 3.76. The van der Waals surface area contributed by atoms with E-state index >= 15 is 0 Å². The van der Waals surface area contributed by atoms with Gasteiger partial charge in [0, 0.05) is 29.5 Å². The van der Waals surface area contributed by atoms with Crippen molar-refractivity contribution in [2.45, 2.75) is 51.8 Å². The Morgan fingerprint density at radius 3 is 2.53 bits per heavy atom. The summed E-state index contributed by atoms with van der Waals surface area (Å²) in [5.41, 5.74) is 3.00. The van der Waals surface area contributed by atoms with Crippen molar-refractivity contribution in [3.63, 3.8) is 0 Å². The number of nitrogens with one attached hydrogen (secondary N) is 1. The summed E-state index contributed by atoms with van der Waals surface area (Å²) in [5.74, 6) is -1.54. The molecule has 160 valence electrons. The monoisotopic (exact) mass is 421 g/mol. The number of hydrogen-bond acceptors (Lipinski definition) is 3. The van der Waals surface area contributed by atoms with E-state index in [9.17, 15) is 22.8 Å². The van der Waals surface area contributed by atoms with Crippen molar-refractivity contribution >= 4 is 17.6 Å². The lowest BCUT2D eigenvalue weighted by molar-refractivity contribution is -0.274. The number of aliphatic carboxylic acids is 1. The fourth-order valence-corrected chi connectivity index (χ4v) is 3.76. The summed E-state index contributed by atoms with van der Waals surface area (Å²) < 4.78 is 43.1. The second-order valence-corrected chi connectivity index (χ2v) is 8.09. The average molecular weight is 421 g/mol. The van der Waals surface area contributed by atoms with Gasteiger partial charge in [0.05, 0.1) is 0 Å². The van der Waals surface area contributed by atoms with E-state index in [0.29, 0.717) is 23.2 Å². The molecule has 0 saturated heterocycles. The molecule has 0 unspecified atom stereocenters. The average Bonchev–Trinajstić information content (AvgIpc) is 2.59. The number of ether oxygens (including phenoxy) is 1. The SMILES string of the molecule is Cc1cc2c(cc1-c1cc(CCC(=O)O)ccc1OC(F)(F)F)NC(=O)CC2(C)C. The molecule has 0 saturated carbocycles. The fraction of sp³-hybridized carbons (Fsp3) is 0.364. The molecule has 1 aliphatic heterocycles. The van der Waals surface area contributed by atoms with Crippen LogP contribution in [-0.4, -0.2) is 23.3 Å². The van der Waals surface area contributed by atoms with E-state index in [2.05, 4.69) is 10.1 Å². The van der Waals surface area contributed by atoms with Crippen LogP contribution in [0, 0.1) is 6.92 Å². The largest absolute Gasteiger partial charge is 0.573 e. The second-order valence-electron chi connectivity index (χ2n) is 8.09. The van der Waals surface area contributed by atoms with E-state index in [-0.39, 0.29) is 30.1 Å². The van der Waals surface area contributed by atoms with Crippen LogP contribution >= 0.6 is 0 Å². The van der Waals surface area contributed by atoms with Crippen molar-refractivity contribution in [1.29, 1.82) is 0 Å². The minimum atomic E-state index is -4.88. The molecule has 5 nitrogen and oxygen atoms in total. The number of anilines is 1. The number of fused-ring (bicyclic) bond motifs is 1. The third-order valence-corrected chi connectivity index (χ3v) is 5.16. The number of benzene rings is 2. The van der Waals surface area contributed by atoms with Crippen molar-refractivity contribution in [2.24, 2.45) is 0 Å². The summed E-state index contributed by atoms with van der Waals surface area (Å²) in [6, 6.07) is 7.65. The van der Waals surface area contributed by atoms with Gasteiger partial charge in [-0.05, 0) is 53.8 Å². The van der Waals surface area contributed by atoms with Crippen LogP contribution in [0.1, 0.15) is 43.4 Å². The van der Waals surface area contributed by atoms with Crippen molar-refractivity contribution in [1.82, 2.24) is 0 Å². The van der Waals surface area contributed by atoms with Gasteiger partial charge in [-0.2, -0.15) is 0 Å². The third kappa shape index (κ3) is 4.75. The summed E-state index contributed by atoms with van der Waals surface area (Å²) >= 11 is 0. The van der Waals surface area contributed by atoms with Gasteiger partial charge < -0.3 is 15.2 Å². The van der Waals surface area contributed by atoms with Gasteiger partial charge in [0.15, 0.2) is 0 Å². The third-order valence-electron chi connectivity index (χ3n) is 5.16. The lowest BCUT2D eigenvalue weighted by Gasteiger charge is -2.33. The first-order valence-corrected chi connectivity index (χ1v) is 9.41. The molecule has 2 N–H and O–H groups in total. The molecule has 2 aromatic carbocycles. The molecule has 0 fully saturated rings. The molecule has 2 aromatic rings. The quantitative estimate of drug-likeness (QED) is 0.696. The van der Waals surface area contributed by atoms with Gasteiger partial charge in [-0.3, -0.25) is 9.59 Å². The zero-order valence-corrected chi connectivity index (χ0v) is 16.8. The predicted molar refractivity (Wildman–Crippen MR) is 106 cm³/mol. The second kappa shape index (κ2) is 7.66. The summed E-state index contributed by atoms with van der Waals surface area (Å²) in [6.07, 6.45) is -4.55. The van der Waals surface area contributed by atoms with Crippen LogP contribution in [-0.2, 0) is 21.4 Å². The van der Waals surface area contributed by atoms with Crippen LogP contribution in [0.3, 0.4) is 0 Å². The number of hydrogen-bond donors (Lipinski definition) is 2. The molecular formula is C22H22F3NO4. The van der Waals surface area contributed by atoms with Gasteiger partial charge in [-0.25, -0.2) is 0 Å². The molecule has 0 spiro atoms. The highest BCUT2D eigenvalue weighted by Gasteiger charge is 2.34. The molecule has 0 aliphatic carbocycles. The van der Waals surface area contributed by atoms with Crippen molar-refractivity contribution in [3.8, 4) is 16.9 Å². The number of rotatable bonds is 5. The van der Waals surface area contributed by atoms with E-state index in [1.165, 1.54) is 18.2 Å². The number of amides is 1. The van der Waals surface area contributed by atoms with Crippen molar-refractivity contribution in [2.75, 3.05) is 5.32 Å². The number of aryl methyl sites for hydroxylation is 2. The highest BCUT2D eigenvalue weighted by molar-refractivity contribution is 5.97. The molecular weight excluding hydrogens is 399 g/mol. The Balaban J connectivity index is 2.14. The number of carbonyl (C=O) groups is 2. The Morgan fingerprint density at radius 1 is 1.20 bits per heavy atom. The number of halogens is 3. The Hall–Kier alpha value is -3.03. The number of carboxylic acids is 1. The van der Waals surface area contributed by atoms with Crippen LogP contribution in [0.15, 0.2) is 30.3 Å². The topological polar surface area (TPSA) is 75.6 Å². The maximum absolute atomic E-state index is 13.0. The Morgan fingerprint density at radius 2 is 1.90 bits per heavy atom. The van der Waals surface area contributed by atoms with Gasteiger partial charge in [0.25, 0.3) is 0 Å². The van der Waals surface area contributed by atoms with Crippen LogP contribution in [0.2, 0.25) is 0 Å². The van der Waals surface area contributed by atoms with Gasteiger partial charge in [0.2, 0.25) is 5.91 Å². The molecule has 0 radical (unpaired) electrons. The first-order chi connectivity index (χ1) is 13.9. The number of alkyl halides is 3. The van der Waals surface area contributed by atoms with Crippen LogP contribution < -0.4 is 10.1 Å². The summed E-state index contributed by atoms with van der Waals surface area (Å²) in [4.78, 5) is 23.0. The molecule has 0 bridgehead atoms. The van der Waals surface area contributed by atoms with E-state index in [0.717, 1.165) is 11.1 Å². The van der Waals surface area contributed by atoms with Gasteiger partial charge in [-0.15, -0.1) is 13.2 Å². The summed E-state index contributed by atoms with van der Waals surface area (Å²) in [5, 5.41) is 11.7. The minimum Gasteiger partial charge on any atom is -0.481 e. The zero-order chi connectivity index (χ0) is 22.3. The maximum Gasteiger partial charge on any atom is 0.573 e. The normalized spacial score (nSPS) is 15.3. The first-order valence-electron chi connectivity index (χ1n) is 9.41. The Labute approximate surface area is 171 Å². The van der Waals surface area contributed by atoms with E-state index in [1.54, 1.807) is 13.0 Å². The van der Waals surface area contributed by atoms with Gasteiger partial charge >= 0.3 is 12.3 Å². The Bertz CT molecular complexity index is 1010. The van der Waals surface area contributed by atoms with E-state index in [1.807, 2.05) is 19.9 Å². The molecule has 1 aliphatic rings. The molecule has 0 atom stereocenters. The van der Waals surface area contributed by atoms with Crippen molar-refractivity contribution in [3.05, 3.63) is 47.0 Å². The zero-order valence-electron chi connectivity index (χ0n) is 16.8. The first kappa shape index (κ1) is 21.7. The van der Waals surface area contributed by atoms with Gasteiger partial charge in [0.1, 0.15) is 5.75 Å². The minimum absolute atomic E-state index is 0.146. The predicted octanol–water partition coefficient (Wildman–Crippen LogP) is 5.20. The number of carbonyl (C=O) groups excluding carboxylic acids is 1. The summed E-state index contributed by atoms with van der Waals surface area (Å²) in [7, 11) is 0. The smallest absolute Gasteiger partial charge is 0.481 e. The maximum atomic E-state index is 13.0. The molecule has 1 heterocycles. The molecule has 3 rings (SSSR count). The molecule has 8 heteroatoms. The molecule has 30 heavy (non-hydrogen) atoms. The molecule has 1 amide bonds. The van der Waals surface area contributed by atoms with Crippen LogP contribution in [0.5, 0.6) is 5.75 Å². The van der Waals surface area contributed by atoms with E-state index in [4.69, 9.17) is 5.11 Å². The van der Waals surface area contributed by atoms with Gasteiger partial charge in [-0.1, -0.05) is 26.0 Å².